The highest BCUT2D eigenvalue weighted by atomic mass is 35.5. The molecule has 0 N–H and O–H groups in total. The van der Waals surface area contributed by atoms with Crippen molar-refractivity contribution in [2.45, 2.75) is 38.6 Å². The van der Waals surface area contributed by atoms with Crippen LogP contribution in [0.2, 0.25) is 5.02 Å². The molecule has 0 aliphatic heterocycles. The molecule has 33 heavy (non-hydrogen) atoms. The van der Waals surface area contributed by atoms with Gasteiger partial charge < -0.3 is 0 Å². The van der Waals surface area contributed by atoms with Gasteiger partial charge in [0.05, 0.1) is 11.4 Å². The lowest BCUT2D eigenvalue weighted by atomic mass is 9.92. The molecule has 0 radical (unpaired) electrons. The molecular weight excluding hydrogens is 428 g/mol. The van der Waals surface area contributed by atoms with Crippen LogP contribution in [0.3, 0.4) is 0 Å². The Morgan fingerprint density at radius 1 is 0.939 bits per heavy atom. The number of rotatable bonds is 6. The van der Waals surface area contributed by atoms with E-state index >= 15 is 0 Å². The van der Waals surface area contributed by atoms with Crippen LogP contribution in [0, 0.1) is 5.92 Å². The Labute approximate surface area is 200 Å². The Bertz CT molecular complexity index is 1250. The number of hydrogen-bond donors (Lipinski definition) is 0. The zero-order chi connectivity index (χ0) is 22.6. The van der Waals surface area contributed by atoms with Crippen LogP contribution in [0.1, 0.15) is 30.4 Å². The summed E-state index contributed by atoms with van der Waals surface area (Å²) in [5.41, 5.74) is 6.55. The third-order valence-electron chi connectivity index (χ3n) is 6.53. The molecular formula is C29H27ClN2O. The second kappa shape index (κ2) is 9.76. The van der Waals surface area contributed by atoms with Crippen LogP contribution in [0.25, 0.3) is 22.5 Å². The number of fused-ring (bicyclic) bond motifs is 1. The first-order valence-electron chi connectivity index (χ1n) is 11.6. The number of hydrogen-bond acceptors (Lipinski definition) is 2. The van der Waals surface area contributed by atoms with E-state index in [1.165, 1.54) is 11.1 Å². The van der Waals surface area contributed by atoms with E-state index in [4.69, 9.17) is 16.7 Å². The highest BCUT2D eigenvalue weighted by Gasteiger charge is 2.22. The summed E-state index contributed by atoms with van der Waals surface area (Å²) in [6.07, 6.45) is 4.61. The molecule has 1 atom stereocenters. The Hall–Kier alpha value is -3.17. The molecule has 4 heteroatoms. The fourth-order valence-electron chi connectivity index (χ4n) is 4.91. The summed E-state index contributed by atoms with van der Waals surface area (Å²) in [6.45, 7) is 0.288. The molecule has 0 spiro atoms. The SMILES string of the molecule is O=C(CC1CCCc2c(Cl)cccc2C1)Cn1nc(-c2ccccc2)cc1-c1ccccc1. The molecule has 0 saturated heterocycles. The Morgan fingerprint density at radius 2 is 1.67 bits per heavy atom. The number of carbonyl (C=O) groups excluding carboxylic acids is 1. The van der Waals surface area contributed by atoms with Crippen molar-refractivity contribution < 1.29 is 4.79 Å². The number of ketones is 1. The van der Waals surface area contributed by atoms with E-state index in [9.17, 15) is 4.79 Å². The lowest BCUT2D eigenvalue weighted by Crippen LogP contribution is -2.17. The minimum atomic E-state index is 0.227. The molecule has 4 aromatic rings. The quantitative estimate of drug-likeness (QED) is 0.293. The third-order valence-corrected chi connectivity index (χ3v) is 6.88. The maximum atomic E-state index is 13.2. The van der Waals surface area contributed by atoms with Crippen LogP contribution in [0.4, 0.5) is 0 Å². The molecule has 1 aromatic heterocycles. The van der Waals surface area contributed by atoms with E-state index < -0.39 is 0 Å². The minimum Gasteiger partial charge on any atom is -0.298 e. The summed E-state index contributed by atoms with van der Waals surface area (Å²) >= 11 is 6.43. The molecule has 1 aliphatic rings. The fraction of sp³-hybridized carbons (Fsp3) is 0.241. The predicted molar refractivity (Wildman–Crippen MR) is 134 cm³/mol. The van der Waals surface area contributed by atoms with E-state index in [0.717, 1.165) is 53.2 Å². The molecule has 166 valence electrons. The topological polar surface area (TPSA) is 34.9 Å². The molecule has 0 bridgehead atoms. The summed E-state index contributed by atoms with van der Waals surface area (Å²) in [5, 5.41) is 5.69. The number of carbonyl (C=O) groups is 1. The van der Waals surface area contributed by atoms with Crippen molar-refractivity contribution in [3.63, 3.8) is 0 Å². The van der Waals surface area contributed by atoms with Crippen LogP contribution >= 0.6 is 11.6 Å². The molecule has 0 fully saturated rings. The highest BCUT2D eigenvalue weighted by Crippen LogP contribution is 2.31. The normalized spacial score (nSPS) is 15.6. The van der Waals surface area contributed by atoms with Crippen molar-refractivity contribution >= 4 is 17.4 Å². The molecule has 1 unspecified atom stereocenters. The van der Waals surface area contributed by atoms with Gasteiger partial charge in [0, 0.05) is 17.0 Å². The van der Waals surface area contributed by atoms with Gasteiger partial charge in [0.15, 0.2) is 5.78 Å². The van der Waals surface area contributed by atoms with E-state index in [1.54, 1.807) is 0 Å². The van der Waals surface area contributed by atoms with Gasteiger partial charge in [-0.2, -0.15) is 5.10 Å². The van der Waals surface area contributed by atoms with E-state index in [0.29, 0.717) is 12.3 Å². The maximum Gasteiger partial charge on any atom is 0.154 e. The number of aromatic nitrogens is 2. The average molecular weight is 455 g/mol. The van der Waals surface area contributed by atoms with Gasteiger partial charge in [0.2, 0.25) is 0 Å². The number of benzene rings is 3. The minimum absolute atomic E-state index is 0.227. The molecule has 3 aromatic carbocycles. The fourth-order valence-corrected chi connectivity index (χ4v) is 5.20. The van der Waals surface area contributed by atoms with Crippen LogP contribution in [0.15, 0.2) is 84.9 Å². The first-order valence-corrected chi connectivity index (χ1v) is 12.0. The highest BCUT2D eigenvalue weighted by molar-refractivity contribution is 6.31. The van der Waals surface area contributed by atoms with E-state index in [2.05, 4.69) is 36.4 Å². The van der Waals surface area contributed by atoms with Gasteiger partial charge in [0.25, 0.3) is 0 Å². The maximum absolute atomic E-state index is 13.2. The van der Waals surface area contributed by atoms with Crippen LogP contribution in [-0.4, -0.2) is 15.6 Å². The Morgan fingerprint density at radius 3 is 2.42 bits per heavy atom. The lowest BCUT2D eigenvalue weighted by molar-refractivity contribution is -0.120. The van der Waals surface area contributed by atoms with Gasteiger partial charge in [0.1, 0.15) is 6.54 Å². The van der Waals surface area contributed by atoms with Gasteiger partial charge in [-0.15, -0.1) is 0 Å². The van der Waals surface area contributed by atoms with Crippen LogP contribution in [0.5, 0.6) is 0 Å². The van der Waals surface area contributed by atoms with E-state index in [1.807, 2.05) is 53.2 Å². The largest absolute Gasteiger partial charge is 0.298 e. The number of nitrogens with zero attached hydrogens (tertiary/aromatic N) is 2. The first-order chi connectivity index (χ1) is 16.2. The van der Waals surface area contributed by atoms with Crippen molar-refractivity contribution in [1.29, 1.82) is 0 Å². The molecule has 0 amide bonds. The van der Waals surface area contributed by atoms with Crippen LogP contribution < -0.4 is 0 Å². The van der Waals surface area contributed by atoms with Gasteiger partial charge >= 0.3 is 0 Å². The monoisotopic (exact) mass is 454 g/mol. The third kappa shape index (κ3) is 4.94. The Kier molecular flexibility index (Phi) is 6.41. The molecule has 0 saturated carbocycles. The standard InChI is InChI=1S/C29H27ClN2O/c30-27-16-8-14-24-17-21(9-7-15-26(24)27)18-25(33)20-32-29(23-12-5-2-6-13-23)19-28(31-32)22-10-3-1-4-11-22/h1-6,8,10-14,16,19,21H,7,9,15,17-18,20H2. The summed E-state index contributed by atoms with van der Waals surface area (Å²) in [6, 6.07) is 28.5. The summed E-state index contributed by atoms with van der Waals surface area (Å²) < 4.78 is 1.88. The summed E-state index contributed by atoms with van der Waals surface area (Å²) in [4.78, 5) is 13.2. The van der Waals surface area contributed by atoms with Gasteiger partial charge in [-0.3, -0.25) is 9.48 Å². The first kappa shape index (κ1) is 21.7. The molecule has 5 rings (SSSR count). The van der Waals surface area contributed by atoms with Crippen molar-refractivity contribution in [1.82, 2.24) is 9.78 Å². The number of halogens is 1. The van der Waals surface area contributed by atoms with Crippen molar-refractivity contribution in [2.24, 2.45) is 5.92 Å². The van der Waals surface area contributed by atoms with Crippen molar-refractivity contribution in [3.8, 4) is 22.5 Å². The smallest absolute Gasteiger partial charge is 0.154 e. The second-order valence-corrected chi connectivity index (χ2v) is 9.29. The predicted octanol–water partition coefficient (Wildman–Crippen LogP) is 7.02. The summed E-state index contributed by atoms with van der Waals surface area (Å²) in [5.74, 6) is 0.576. The zero-order valence-electron chi connectivity index (χ0n) is 18.6. The van der Waals surface area contributed by atoms with Crippen molar-refractivity contribution in [2.75, 3.05) is 0 Å². The van der Waals surface area contributed by atoms with Crippen LogP contribution in [-0.2, 0) is 24.2 Å². The molecule has 1 aliphatic carbocycles. The number of Topliss-reactive ketones (excluding diaryl/α,β-unsaturated/α-hetero) is 1. The Balaban J connectivity index is 1.37. The lowest BCUT2D eigenvalue weighted by Gasteiger charge is -2.15. The van der Waals surface area contributed by atoms with E-state index in [-0.39, 0.29) is 12.3 Å². The molecule has 3 nitrogen and oxygen atoms in total. The summed E-state index contributed by atoms with van der Waals surface area (Å²) in [7, 11) is 0. The molecule has 1 heterocycles. The van der Waals surface area contributed by atoms with Gasteiger partial charge in [-0.05, 0) is 60.4 Å². The van der Waals surface area contributed by atoms with Crippen molar-refractivity contribution in [3.05, 3.63) is 101 Å². The van der Waals surface area contributed by atoms with Gasteiger partial charge in [-0.25, -0.2) is 0 Å². The zero-order valence-corrected chi connectivity index (χ0v) is 19.3. The van der Waals surface area contributed by atoms with Gasteiger partial charge in [-0.1, -0.05) is 84.4 Å². The average Bonchev–Trinajstić information content (AvgIpc) is 3.13. The second-order valence-electron chi connectivity index (χ2n) is 8.89.